The lowest BCUT2D eigenvalue weighted by molar-refractivity contribution is 0.174. The largest absolute Gasteiger partial charge is 0.454 e. The number of nitrogens with zero attached hydrogens (tertiary/aromatic N) is 3. The van der Waals surface area contributed by atoms with E-state index in [1.54, 1.807) is 25.3 Å². The molecule has 0 saturated heterocycles. The zero-order valence-electron chi connectivity index (χ0n) is 10.6. The predicted octanol–water partition coefficient (Wildman–Crippen LogP) is 0.648. The van der Waals surface area contributed by atoms with Gasteiger partial charge in [0.2, 0.25) is 12.7 Å². The zero-order valence-corrected chi connectivity index (χ0v) is 10.6. The lowest BCUT2D eigenvalue weighted by Crippen LogP contribution is -2.15. The van der Waals surface area contributed by atoms with Crippen LogP contribution in [0.3, 0.4) is 0 Å². The summed E-state index contributed by atoms with van der Waals surface area (Å²) >= 11 is 0. The number of hydrazone groups is 1. The van der Waals surface area contributed by atoms with E-state index in [2.05, 4.69) is 25.7 Å². The molecule has 20 heavy (non-hydrogen) atoms. The maximum Gasteiger partial charge on any atom is 0.274 e. The van der Waals surface area contributed by atoms with Crippen molar-refractivity contribution < 1.29 is 9.47 Å². The van der Waals surface area contributed by atoms with Gasteiger partial charge in [-0.1, -0.05) is 0 Å². The normalized spacial score (nSPS) is 12.8. The van der Waals surface area contributed by atoms with Crippen molar-refractivity contribution in [3.63, 3.8) is 0 Å². The third-order valence-corrected chi connectivity index (χ3v) is 2.64. The van der Waals surface area contributed by atoms with Crippen LogP contribution in [0.2, 0.25) is 0 Å². The minimum absolute atomic E-state index is 0.178. The lowest BCUT2D eigenvalue weighted by Gasteiger charge is -1.99. The van der Waals surface area contributed by atoms with Crippen molar-refractivity contribution in [2.45, 2.75) is 6.92 Å². The summed E-state index contributed by atoms with van der Waals surface area (Å²) in [4.78, 5) is 13.8. The van der Waals surface area contributed by atoms with Gasteiger partial charge in [0.05, 0.1) is 6.21 Å². The van der Waals surface area contributed by atoms with E-state index in [-0.39, 0.29) is 18.3 Å². The molecule has 0 aliphatic carbocycles. The van der Waals surface area contributed by atoms with Crippen molar-refractivity contribution in [2.24, 2.45) is 5.10 Å². The van der Waals surface area contributed by atoms with E-state index >= 15 is 0 Å². The maximum atomic E-state index is 11.3. The van der Waals surface area contributed by atoms with E-state index in [9.17, 15) is 4.79 Å². The molecule has 2 N–H and O–H groups in total. The minimum atomic E-state index is -0.305. The first-order valence-corrected chi connectivity index (χ1v) is 5.85. The van der Waals surface area contributed by atoms with Crippen molar-refractivity contribution in [1.29, 1.82) is 0 Å². The van der Waals surface area contributed by atoms with Gasteiger partial charge in [-0.05, 0) is 30.7 Å². The van der Waals surface area contributed by atoms with E-state index in [0.29, 0.717) is 17.2 Å². The van der Waals surface area contributed by atoms with Crippen LogP contribution >= 0.6 is 0 Å². The number of hydrogen-bond donors (Lipinski definition) is 2. The number of aromatic amines is 1. The molecule has 8 nitrogen and oxygen atoms in total. The van der Waals surface area contributed by atoms with Crippen LogP contribution in [0.1, 0.15) is 11.3 Å². The first kappa shape index (κ1) is 12.2. The van der Waals surface area contributed by atoms with Crippen LogP contribution in [0.15, 0.2) is 28.1 Å². The fourth-order valence-corrected chi connectivity index (χ4v) is 1.61. The molecule has 2 heterocycles. The minimum Gasteiger partial charge on any atom is -0.454 e. The number of anilines is 1. The van der Waals surface area contributed by atoms with Gasteiger partial charge in [-0.2, -0.15) is 5.10 Å². The molecule has 0 bridgehead atoms. The van der Waals surface area contributed by atoms with E-state index in [1.807, 2.05) is 6.07 Å². The van der Waals surface area contributed by atoms with E-state index in [4.69, 9.17) is 9.47 Å². The number of ether oxygens (including phenoxy) is 2. The number of fused-ring (bicyclic) bond motifs is 1. The Morgan fingerprint density at radius 2 is 2.20 bits per heavy atom. The van der Waals surface area contributed by atoms with Crippen LogP contribution in [0.25, 0.3) is 0 Å². The zero-order chi connectivity index (χ0) is 13.9. The van der Waals surface area contributed by atoms with E-state index in [1.165, 1.54) is 0 Å². The summed E-state index contributed by atoms with van der Waals surface area (Å²) in [6.07, 6.45) is 1.57. The number of rotatable bonds is 3. The molecule has 8 heteroatoms. The number of H-pyrrole nitrogens is 1. The van der Waals surface area contributed by atoms with E-state index < -0.39 is 0 Å². The van der Waals surface area contributed by atoms with Crippen molar-refractivity contribution in [2.75, 3.05) is 12.2 Å². The quantitative estimate of drug-likeness (QED) is 0.629. The van der Waals surface area contributed by atoms with Gasteiger partial charge < -0.3 is 9.47 Å². The first-order chi connectivity index (χ1) is 9.72. The Balaban J connectivity index is 1.71. The molecule has 2 aromatic rings. The van der Waals surface area contributed by atoms with Crippen LogP contribution in [-0.2, 0) is 0 Å². The van der Waals surface area contributed by atoms with Crippen LogP contribution in [0.5, 0.6) is 11.5 Å². The second-order valence-electron chi connectivity index (χ2n) is 4.07. The number of aromatic nitrogens is 3. The molecule has 102 valence electrons. The fraction of sp³-hybridized carbons (Fsp3) is 0.167. The Hall–Kier alpha value is -2.90. The monoisotopic (exact) mass is 273 g/mol. The Labute approximate surface area is 113 Å². The second kappa shape index (κ2) is 5.00. The molecular formula is C12H11N5O3. The molecule has 3 rings (SSSR count). The topological polar surface area (TPSA) is 101 Å². The average molecular weight is 273 g/mol. The standard InChI is InChI=1S/C12H11N5O3/c1-7-11(18)14-12(17-15-7)16-13-5-8-2-3-9-10(4-8)20-6-19-9/h2-5H,6H2,1H3,(H2,14,16,17,18). The SMILES string of the molecule is Cc1nnc(NN=Cc2ccc3c(c2)OCO3)[nH]c1=O. The lowest BCUT2D eigenvalue weighted by atomic mass is 10.2. The highest BCUT2D eigenvalue weighted by molar-refractivity contribution is 5.81. The summed E-state index contributed by atoms with van der Waals surface area (Å²) in [7, 11) is 0. The van der Waals surface area contributed by atoms with Crippen molar-refractivity contribution in [1.82, 2.24) is 15.2 Å². The highest BCUT2D eigenvalue weighted by Crippen LogP contribution is 2.31. The molecule has 0 amide bonds. The molecule has 0 saturated carbocycles. The Morgan fingerprint density at radius 1 is 1.35 bits per heavy atom. The summed E-state index contributed by atoms with van der Waals surface area (Å²) in [5.74, 6) is 1.57. The smallest absolute Gasteiger partial charge is 0.274 e. The summed E-state index contributed by atoms with van der Waals surface area (Å²) in [6, 6.07) is 5.44. The summed E-state index contributed by atoms with van der Waals surface area (Å²) in [6.45, 7) is 1.81. The molecule has 0 unspecified atom stereocenters. The Bertz CT molecular complexity index is 725. The molecule has 0 radical (unpaired) electrons. The number of hydrogen-bond acceptors (Lipinski definition) is 7. The van der Waals surface area contributed by atoms with Crippen LogP contribution in [0, 0.1) is 6.92 Å². The van der Waals surface area contributed by atoms with Crippen molar-refractivity contribution >= 4 is 12.2 Å². The third-order valence-electron chi connectivity index (χ3n) is 2.64. The summed E-state index contributed by atoms with van der Waals surface area (Å²) in [5.41, 5.74) is 3.42. The van der Waals surface area contributed by atoms with Crippen LogP contribution in [-0.4, -0.2) is 28.2 Å². The third kappa shape index (κ3) is 2.44. The van der Waals surface area contributed by atoms with Gasteiger partial charge >= 0.3 is 0 Å². The van der Waals surface area contributed by atoms with Gasteiger partial charge in [-0.3, -0.25) is 9.78 Å². The predicted molar refractivity (Wildman–Crippen MR) is 71.2 cm³/mol. The molecule has 0 spiro atoms. The first-order valence-electron chi connectivity index (χ1n) is 5.85. The molecule has 1 aromatic heterocycles. The van der Waals surface area contributed by atoms with Crippen LogP contribution < -0.4 is 20.5 Å². The number of nitrogens with one attached hydrogen (secondary N) is 2. The Morgan fingerprint density at radius 3 is 3.05 bits per heavy atom. The van der Waals surface area contributed by atoms with Gasteiger partial charge in [-0.15, -0.1) is 10.2 Å². The van der Waals surface area contributed by atoms with Gasteiger partial charge in [0.15, 0.2) is 11.5 Å². The fourth-order valence-electron chi connectivity index (χ4n) is 1.61. The Kier molecular flexibility index (Phi) is 3.04. The molecule has 1 aromatic carbocycles. The second-order valence-corrected chi connectivity index (χ2v) is 4.07. The molecule has 0 atom stereocenters. The van der Waals surface area contributed by atoms with Gasteiger partial charge in [0, 0.05) is 0 Å². The molecule has 0 fully saturated rings. The maximum absolute atomic E-state index is 11.3. The average Bonchev–Trinajstić information content (AvgIpc) is 2.90. The van der Waals surface area contributed by atoms with Gasteiger partial charge in [0.25, 0.3) is 5.56 Å². The van der Waals surface area contributed by atoms with Gasteiger partial charge in [-0.25, -0.2) is 5.43 Å². The highest BCUT2D eigenvalue weighted by Gasteiger charge is 2.12. The summed E-state index contributed by atoms with van der Waals surface area (Å²) < 4.78 is 10.5. The summed E-state index contributed by atoms with van der Waals surface area (Å²) in [5, 5.41) is 11.4. The van der Waals surface area contributed by atoms with Gasteiger partial charge in [0.1, 0.15) is 5.69 Å². The highest BCUT2D eigenvalue weighted by atomic mass is 16.7. The van der Waals surface area contributed by atoms with Crippen LogP contribution in [0.4, 0.5) is 5.95 Å². The molecule has 1 aliphatic rings. The van der Waals surface area contributed by atoms with Crippen molar-refractivity contribution in [3.05, 3.63) is 39.8 Å². The number of benzene rings is 1. The molecular weight excluding hydrogens is 262 g/mol. The molecule has 1 aliphatic heterocycles. The van der Waals surface area contributed by atoms with Crippen molar-refractivity contribution in [3.8, 4) is 11.5 Å². The van der Waals surface area contributed by atoms with E-state index in [0.717, 1.165) is 5.56 Å². The number of aryl methyl sites for hydroxylation is 1.